The van der Waals surface area contributed by atoms with Crippen LogP contribution in [0.25, 0.3) is 0 Å². The van der Waals surface area contributed by atoms with Gasteiger partial charge < -0.3 is 4.74 Å². The highest BCUT2D eigenvalue weighted by molar-refractivity contribution is 5.09. The topological polar surface area (TPSA) is 12.5 Å². The summed E-state index contributed by atoms with van der Waals surface area (Å²) in [5.74, 6) is 7.67. The summed E-state index contributed by atoms with van der Waals surface area (Å²) in [6.45, 7) is 27.9. The van der Waals surface area contributed by atoms with E-state index in [0.29, 0.717) is 11.8 Å². The lowest BCUT2D eigenvalue weighted by molar-refractivity contribution is 0.245. The van der Waals surface area contributed by atoms with Crippen LogP contribution in [0.1, 0.15) is 90.0 Å². The van der Waals surface area contributed by atoms with Crippen molar-refractivity contribution in [2.75, 3.05) is 0 Å². The van der Waals surface area contributed by atoms with Crippen molar-refractivity contribution in [1.82, 2.24) is 0 Å². The Morgan fingerprint density at radius 3 is 1.26 bits per heavy atom. The molecular formula is C22H42O. The van der Waals surface area contributed by atoms with E-state index in [1.54, 1.807) is 0 Å². The smallest absolute Gasteiger partial charge is 0.0969 e. The maximum Gasteiger partial charge on any atom is 0.0969 e. The molecule has 1 unspecified atom stereocenters. The fourth-order valence-corrected chi connectivity index (χ4v) is 2.18. The highest BCUT2D eigenvalue weighted by Crippen LogP contribution is 2.51. The lowest BCUT2D eigenvalue weighted by atomic mass is 9.87. The molecule has 1 rings (SSSR count). The Kier molecular flexibility index (Phi) is 10.9. The molecule has 0 bridgehead atoms. The molecule has 0 aromatic carbocycles. The van der Waals surface area contributed by atoms with Crippen LogP contribution in [0.2, 0.25) is 0 Å². The van der Waals surface area contributed by atoms with Crippen molar-refractivity contribution >= 4 is 0 Å². The second-order valence-electron chi connectivity index (χ2n) is 8.26. The van der Waals surface area contributed by atoms with Gasteiger partial charge in [-0.15, -0.1) is 11.8 Å². The maximum atomic E-state index is 5.55. The summed E-state index contributed by atoms with van der Waals surface area (Å²) >= 11 is 0. The van der Waals surface area contributed by atoms with Crippen LogP contribution in [-0.4, -0.2) is 11.2 Å². The number of epoxide rings is 1. The highest BCUT2D eigenvalue weighted by atomic mass is 16.6. The van der Waals surface area contributed by atoms with Crippen LogP contribution >= 0.6 is 0 Å². The standard InChI is InChI=1S/C8H16O.C8H16.C6H10/c1-6(2)8(5)7(3,4)9-8;1-6(2)8(5)7(3)4;1-4-5-6(2)3/h6H,1-5H3;6H,1-5H3;6H,1-3H3. The Balaban J connectivity index is 0. The minimum absolute atomic E-state index is 0.126. The quantitative estimate of drug-likeness (QED) is 0.307. The number of allylic oxidation sites excluding steroid dienone is 2. The van der Waals surface area contributed by atoms with Gasteiger partial charge >= 0.3 is 0 Å². The lowest BCUT2D eigenvalue weighted by Crippen LogP contribution is -2.22. The van der Waals surface area contributed by atoms with Crippen LogP contribution in [-0.2, 0) is 4.74 Å². The summed E-state index contributed by atoms with van der Waals surface area (Å²) in [4.78, 5) is 0. The van der Waals surface area contributed by atoms with Crippen LogP contribution < -0.4 is 0 Å². The van der Waals surface area contributed by atoms with Gasteiger partial charge in [0.1, 0.15) is 0 Å². The lowest BCUT2D eigenvalue weighted by Gasteiger charge is -2.11. The molecular weight excluding hydrogens is 280 g/mol. The molecule has 1 aliphatic heterocycles. The third-order valence-electron chi connectivity index (χ3n) is 4.81. The average Bonchev–Trinajstić information content (AvgIpc) is 2.90. The Bertz CT molecular complexity index is 423. The molecule has 0 radical (unpaired) electrons. The molecule has 0 amide bonds. The third kappa shape index (κ3) is 9.21. The number of hydrogen-bond donors (Lipinski definition) is 0. The van der Waals surface area contributed by atoms with Crippen LogP contribution in [0.5, 0.6) is 0 Å². The molecule has 1 nitrogen and oxygen atoms in total. The average molecular weight is 323 g/mol. The van der Waals surface area contributed by atoms with E-state index in [-0.39, 0.29) is 11.2 Å². The van der Waals surface area contributed by atoms with Gasteiger partial charge in [0.25, 0.3) is 0 Å². The molecule has 1 atom stereocenters. The molecule has 0 aromatic rings. The monoisotopic (exact) mass is 322 g/mol. The first-order valence-electron chi connectivity index (χ1n) is 8.99. The minimum Gasteiger partial charge on any atom is -0.363 e. The van der Waals surface area contributed by atoms with Crippen molar-refractivity contribution < 1.29 is 4.74 Å². The third-order valence-corrected chi connectivity index (χ3v) is 4.81. The summed E-state index contributed by atoms with van der Waals surface area (Å²) in [5, 5.41) is 0. The van der Waals surface area contributed by atoms with Gasteiger partial charge in [0.05, 0.1) is 11.2 Å². The fourth-order valence-electron chi connectivity index (χ4n) is 2.18. The molecule has 1 fully saturated rings. The fraction of sp³-hybridized carbons (Fsp3) is 0.818. The zero-order valence-electron chi connectivity index (χ0n) is 18.1. The first kappa shape index (κ1) is 24.5. The SMILES string of the molecule is CC#CC(C)C.CC(C)=C(C)C(C)C.CC(C)C1(C)OC1(C)C. The Morgan fingerprint density at radius 1 is 0.870 bits per heavy atom. The summed E-state index contributed by atoms with van der Waals surface area (Å²) in [6.07, 6.45) is 0. The van der Waals surface area contributed by atoms with E-state index in [2.05, 4.69) is 94.9 Å². The second kappa shape index (κ2) is 10.2. The molecule has 1 saturated heterocycles. The molecule has 0 saturated carbocycles. The van der Waals surface area contributed by atoms with Gasteiger partial charge in [-0.2, -0.15) is 0 Å². The van der Waals surface area contributed by atoms with E-state index in [0.717, 1.165) is 5.92 Å². The van der Waals surface area contributed by atoms with Gasteiger partial charge in [-0.3, -0.25) is 0 Å². The van der Waals surface area contributed by atoms with Gasteiger partial charge in [-0.1, -0.05) is 52.7 Å². The summed E-state index contributed by atoms with van der Waals surface area (Å²) in [7, 11) is 0. The van der Waals surface area contributed by atoms with Crippen molar-refractivity contribution in [2.24, 2.45) is 17.8 Å². The van der Waals surface area contributed by atoms with Crippen molar-refractivity contribution in [2.45, 2.75) is 101 Å². The van der Waals surface area contributed by atoms with E-state index < -0.39 is 0 Å². The first-order chi connectivity index (χ1) is 10.2. The summed E-state index contributed by atoms with van der Waals surface area (Å²) < 4.78 is 5.55. The Hall–Kier alpha value is -0.740. The predicted molar refractivity (Wildman–Crippen MR) is 106 cm³/mol. The molecule has 136 valence electrons. The zero-order chi connectivity index (χ0) is 19.0. The van der Waals surface area contributed by atoms with Gasteiger partial charge in [-0.25, -0.2) is 0 Å². The first-order valence-corrected chi connectivity index (χ1v) is 8.99. The maximum absolute atomic E-state index is 5.55. The van der Waals surface area contributed by atoms with Gasteiger partial charge in [0.15, 0.2) is 0 Å². The molecule has 0 aromatic heterocycles. The summed E-state index contributed by atoms with van der Waals surface area (Å²) in [5.41, 5.74) is 3.25. The second-order valence-corrected chi connectivity index (χ2v) is 8.26. The van der Waals surface area contributed by atoms with E-state index in [9.17, 15) is 0 Å². The molecule has 1 heteroatoms. The number of hydrogen-bond acceptors (Lipinski definition) is 1. The van der Waals surface area contributed by atoms with Crippen molar-refractivity contribution in [3.63, 3.8) is 0 Å². The Morgan fingerprint density at radius 2 is 1.26 bits per heavy atom. The van der Waals surface area contributed by atoms with Crippen LogP contribution in [0.4, 0.5) is 0 Å². The molecule has 1 aliphatic rings. The van der Waals surface area contributed by atoms with Gasteiger partial charge in [-0.05, 0) is 60.3 Å². The van der Waals surface area contributed by atoms with Gasteiger partial charge in [0, 0.05) is 5.92 Å². The van der Waals surface area contributed by atoms with Crippen LogP contribution in [0.15, 0.2) is 11.1 Å². The van der Waals surface area contributed by atoms with E-state index in [4.69, 9.17) is 4.74 Å². The van der Waals surface area contributed by atoms with Gasteiger partial charge in [0.2, 0.25) is 0 Å². The molecule has 0 spiro atoms. The van der Waals surface area contributed by atoms with E-state index in [1.807, 2.05) is 6.92 Å². The van der Waals surface area contributed by atoms with E-state index in [1.165, 1.54) is 11.1 Å². The van der Waals surface area contributed by atoms with Crippen LogP contribution in [0, 0.1) is 29.6 Å². The largest absolute Gasteiger partial charge is 0.363 e. The van der Waals surface area contributed by atoms with Crippen molar-refractivity contribution in [3.05, 3.63) is 11.1 Å². The number of rotatable bonds is 2. The Labute approximate surface area is 147 Å². The summed E-state index contributed by atoms with van der Waals surface area (Å²) in [6, 6.07) is 0. The zero-order valence-corrected chi connectivity index (χ0v) is 18.1. The predicted octanol–water partition coefficient (Wildman–Crippen LogP) is 6.87. The van der Waals surface area contributed by atoms with Crippen LogP contribution in [0.3, 0.4) is 0 Å². The van der Waals surface area contributed by atoms with E-state index >= 15 is 0 Å². The molecule has 23 heavy (non-hydrogen) atoms. The normalized spacial score (nSPS) is 20.7. The highest BCUT2D eigenvalue weighted by Gasteiger charge is 2.61. The number of ether oxygens (including phenoxy) is 1. The van der Waals surface area contributed by atoms with Crippen molar-refractivity contribution in [3.8, 4) is 11.8 Å². The molecule has 1 heterocycles. The van der Waals surface area contributed by atoms with Crippen molar-refractivity contribution in [1.29, 1.82) is 0 Å². The molecule has 0 N–H and O–H groups in total. The molecule has 0 aliphatic carbocycles. The minimum atomic E-state index is 0.126.